The molecule has 5 nitrogen and oxygen atoms in total. The van der Waals surface area contributed by atoms with Gasteiger partial charge in [0.05, 0.1) is 6.42 Å². The van der Waals surface area contributed by atoms with Crippen LogP contribution in [-0.4, -0.2) is 40.6 Å². The van der Waals surface area contributed by atoms with Gasteiger partial charge in [0.2, 0.25) is 5.91 Å². The fourth-order valence-corrected chi connectivity index (χ4v) is 5.15. The molecular formula is C31H34ClNO4. The number of fused-ring (bicyclic) bond motifs is 1. The average molecular weight is 520 g/mol. The molecule has 4 rings (SSSR count). The molecule has 0 saturated heterocycles. The van der Waals surface area contributed by atoms with Gasteiger partial charge in [-0.15, -0.1) is 0 Å². The van der Waals surface area contributed by atoms with Gasteiger partial charge in [-0.2, -0.15) is 0 Å². The van der Waals surface area contributed by atoms with E-state index in [0.29, 0.717) is 23.9 Å². The molecule has 1 aliphatic rings. The number of carboxylic acid groups (broad SMARTS) is 1. The van der Waals surface area contributed by atoms with Gasteiger partial charge in [0.1, 0.15) is 17.9 Å². The number of carbonyl (C=O) groups excluding carboxylic acids is 1. The van der Waals surface area contributed by atoms with E-state index in [1.54, 1.807) is 6.07 Å². The molecule has 37 heavy (non-hydrogen) atoms. The Morgan fingerprint density at radius 1 is 1.03 bits per heavy atom. The summed E-state index contributed by atoms with van der Waals surface area (Å²) < 4.78 is 6.35. The van der Waals surface area contributed by atoms with E-state index in [2.05, 4.69) is 45.0 Å². The summed E-state index contributed by atoms with van der Waals surface area (Å²) in [5.41, 5.74) is 5.11. The van der Waals surface area contributed by atoms with E-state index in [1.165, 1.54) is 16.0 Å². The maximum absolute atomic E-state index is 13.1. The lowest BCUT2D eigenvalue weighted by atomic mass is 9.90. The highest BCUT2D eigenvalue weighted by Gasteiger charge is 2.35. The van der Waals surface area contributed by atoms with Crippen LogP contribution in [0.5, 0.6) is 5.75 Å². The summed E-state index contributed by atoms with van der Waals surface area (Å²) in [6.07, 6.45) is 2.23. The summed E-state index contributed by atoms with van der Waals surface area (Å²) in [7, 11) is 0. The van der Waals surface area contributed by atoms with Crippen molar-refractivity contribution < 1.29 is 19.4 Å². The van der Waals surface area contributed by atoms with Crippen molar-refractivity contribution in [3.63, 3.8) is 0 Å². The van der Waals surface area contributed by atoms with Crippen LogP contribution in [-0.2, 0) is 35.3 Å². The van der Waals surface area contributed by atoms with Crippen molar-refractivity contribution >= 4 is 23.5 Å². The molecule has 3 aromatic carbocycles. The third kappa shape index (κ3) is 7.14. The van der Waals surface area contributed by atoms with Gasteiger partial charge in [0.25, 0.3) is 0 Å². The first-order valence-electron chi connectivity index (χ1n) is 12.7. The van der Waals surface area contributed by atoms with Gasteiger partial charge in [-0.05, 0) is 65.3 Å². The third-order valence-corrected chi connectivity index (χ3v) is 7.10. The number of benzene rings is 3. The van der Waals surface area contributed by atoms with Gasteiger partial charge in [0.15, 0.2) is 0 Å². The molecule has 6 heteroatoms. The summed E-state index contributed by atoms with van der Waals surface area (Å²) in [4.78, 5) is 25.9. The molecule has 0 aliphatic carbocycles. The molecular weight excluding hydrogens is 486 g/mol. The smallest absolute Gasteiger partial charge is 0.323 e. The number of aliphatic carboxylic acids is 1. The summed E-state index contributed by atoms with van der Waals surface area (Å²) in [5, 5.41) is 9.98. The minimum absolute atomic E-state index is 0.142. The summed E-state index contributed by atoms with van der Waals surface area (Å²) in [6.45, 7) is 6.48. The lowest BCUT2D eigenvalue weighted by Crippen LogP contribution is -2.38. The van der Waals surface area contributed by atoms with Crippen molar-refractivity contribution in [1.29, 1.82) is 0 Å². The summed E-state index contributed by atoms with van der Waals surface area (Å²) >= 11 is 6.06. The van der Waals surface area contributed by atoms with Gasteiger partial charge in [-0.1, -0.05) is 74.0 Å². The summed E-state index contributed by atoms with van der Waals surface area (Å²) in [5.74, 6) is 0.108. The SMILES string of the molecule is CC(C)c1ccc(C[C@@]2(C)Cc3cc(CC(=O)N(CCc4cccc(Cl)c4)CC(=O)O)ccc3O2)cc1. The summed E-state index contributed by atoms with van der Waals surface area (Å²) in [6, 6.07) is 22.0. The molecule has 1 heterocycles. The highest BCUT2D eigenvalue weighted by atomic mass is 35.5. The molecule has 0 radical (unpaired) electrons. The van der Waals surface area contributed by atoms with Crippen LogP contribution in [0.4, 0.5) is 0 Å². The van der Waals surface area contributed by atoms with Crippen molar-refractivity contribution in [1.82, 2.24) is 4.90 Å². The van der Waals surface area contributed by atoms with Gasteiger partial charge >= 0.3 is 5.97 Å². The zero-order valence-electron chi connectivity index (χ0n) is 21.7. The monoisotopic (exact) mass is 519 g/mol. The van der Waals surface area contributed by atoms with Crippen molar-refractivity contribution in [3.8, 4) is 5.75 Å². The average Bonchev–Trinajstić information content (AvgIpc) is 3.16. The molecule has 0 unspecified atom stereocenters. The van der Waals surface area contributed by atoms with Crippen molar-refractivity contribution in [2.75, 3.05) is 13.1 Å². The Labute approximate surface area is 224 Å². The van der Waals surface area contributed by atoms with E-state index in [9.17, 15) is 14.7 Å². The number of nitrogens with zero attached hydrogens (tertiary/aromatic N) is 1. The molecule has 0 saturated carbocycles. The van der Waals surface area contributed by atoms with Gasteiger partial charge < -0.3 is 14.7 Å². The number of rotatable bonds is 10. The molecule has 0 fully saturated rings. The van der Waals surface area contributed by atoms with Crippen molar-refractivity contribution in [2.24, 2.45) is 0 Å². The second-order valence-electron chi connectivity index (χ2n) is 10.5. The molecule has 1 amide bonds. The van der Waals surface area contributed by atoms with E-state index in [-0.39, 0.29) is 24.5 Å². The lowest BCUT2D eigenvalue weighted by molar-refractivity contribution is -0.144. The number of halogens is 1. The van der Waals surface area contributed by atoms with Gasteiger partial charge in [-0.3, -0.25) is 9.59 Å². The zero-order valence-corrected chi connectivity index (χ0v) is 22.4. The number of hydrogen-bond acceptors (Lipinski definition) is 3. The van der Waals surface area contributed by atoms with Crippen LogP contribution in [0, 0.1) is 0 Å². The predicted octanol–water partition coefficient (Wildman–Crippen LogP) is 6.10. The molecule has 194 valence electrons. The number of amides is 1. The number of hydrogen-bond donors (Lipinski definition) is 1. The number of carboxylic acids is 1. The number of ether oxygens (including phenoxy) is 1. The Balaban J connectivity index is 1.40. The van der Waals surface area contributed by atoms with Crippen molar-refractivity contribution in [2.45, 2.75) is 58.0 Å². The first kappa shape index (κ1) is 26.7. The fourth-order valence-electron chi connectivity index (χ4n) is 4.93. The van der Waals surface area contributed by atoms with Crippen LogP contribution in [0.15, 0.2) is 66.7 Å². The maximum atomic E-state index is 13.1. The molecule has 3 aromatic rings. The third-order valence-electron chi connectivity index (χ3n) is 6.86. The van der Waals surface area contributed by atoms with Gasteiger partial charge in [0, 0.05) is 24.4 Å². The standard InChI is InChI=1S/C31H34ClNO4/c1-21(2)25-10-7-23(8-11-25)18-31(3)19-26-15-24(9-12-28(26)37-31)17-29(34)33(20-30(35)36)14-13-22-5-4-6-27(32)16-22/h4-12,15-16,21H,13-14,17-20H2,1-3H3,(H,35,36)/t31-/m0/s1. The largest absolute Gasteiger partial charge is 0.487 e. The molecule has 0 spiro atoms. The molecule has 0 aromatic heterocycles. The van der Waals surface area contributed by atoms with E-state index in [1.807, 2.05) is 36.4 Å². The Morgan fingerprint density at radius 2 is 1.76 bits per heavy atom. The van der Waals surface area contributed by atoms with E-state index in [0.717, 1.165) is 35.3 Å². The van der Waals surface area contributed by atoms with Crippen LogP contribution >= 0.6 is 11.6 Å². The van der Waals surface area contributed by atoms with Gasteiger partial charge in [-0.25, -0.2) is 0 Å². The second kappa shape index (κ2) is 11.4. The Bertz CT molecular complexity index is 1270. The van der Waals surface area contributed by atoms with Crippen molar-refractivity contribution in [3.05, 3.63) is 99.6 Å². The quantitative estimate of drug-likeness (QED) is 0.351. The zero-order chi connectivity index (χ0) is 26.6. The van der Waals surface area contributed by atoms with Crippen LogP contribution in [0.25, 0.3) is 0 Å². The molecule has 0 bridgehead atoms. The Morgan fingerprint density at radius 3 is 2.43 bits per heavy atom. The Kier molecular flexibility index (Phi) is 8.23. The van der Waals surface area contributed by atoms with Crippen LogP contribution in [0.3, 0.4) is 0 Å². The van der Waals surface area contributed by atoms with E-state index >= 15 is 0 Å². The topological polar surface area (TPSA) is 66.8 Å². The normalized spacial score (nSPS) is 16.4. The maximum Gasteiger partial charge on any atom is 0.323 e. The van der Waals surface area contributed by atoms with Crippen LogP contribution in [0.2, 0.25) is 5.02 Å². The number of carbonyl (C=O) groups is 2. The first-order valence-corrected chi connectivity index (χ1v) is 13.1. The van der Waals surface area contributed by atoms with Crippen LogP contribution in [0.1, 0.15) is 54.5 Å². The molecule has 1 N–H and O–H groups in total. The highest BCUT2D eigenvalue weighted by molar-refractivity contribution is 6.30. The second-order valence-corrected chi connectivity index (χ2v) is 10.9. The molecule has 1 aliphatic heterocycles. The Hall–Kier alpha value is -3.31. The van der Waals surface area contributed by atoms with E-state index in [4.69, 9.17) is 16.3 Å². The minimum atomic E-state index is -1.03. The fraction of sp³-hybridized carbons (Fsp3) is 0.355. The predicted molar refractivity (Wildman–Crippen MR) is 146 cm³/mol. The first-order chi connectivity index (χ1) is 17.6. The highest BCUT2D eigenvalue weighted by Crippen LogP contribution is 2.37. The lowest BCUT2D eigenvalue weighted by Gasteiger charge is -2.24. The van der Waals surface area contributed by atoms with Crippen LogP contribution < -0.4 is 4.74 Å². The molecule has 1 atom stereocenters. The van der Waals surface area contributed by atoms with E-state index < -0.39 is 5.97 Å². The minimum Gasteiger partial charge on any atom is -0.487 e.